The van der Waals surface area contributed by atoms with Gasteiger partial charge in [-0.15, -0.1) is 0 Å². The Hall–Kier alpha value is -6.87. The first kappa shape index (κ1) is 36.0. The first-order chi connectivity index (χ1) is 29.9. The van der Waals surface area contributed by atoms with Crippen LogP contribution in [0.3, 0.4) is 0 Å². The second-order valence-corrected chi connectivity index (χ2v) is 18.4. The molecule has 0 radical (unpaired) electrons. The van der Waals surface area contributed by atoms with Crippen LogP contribution in [0.15, 0.2) is 216 Å². The van der Waals surface area contributed by atoms with Crippen LogP contribution in [0.25, 0.3) is 44.5 Å². The van der Waals surface area contributed by atoms with Crippen molar-refractivity contribution >= 4 is 28.8 Å². The van der Waals surface area contributed by atoms with E-state index in [4.69, 9.17) is 0 Å². The molecule has 12 rings (SSSR count). The lowest BCUT2D eigenvalue weighted by molar-refractivity contribution is 0.660. The number of aryl methyl sites for hydroxylation is 1. The number of anilines is 3. The van der Waals surface area contributed by atoms with E-state index in [9.17, 15) is 0 Å². The Labute approximate surface area is 363 Å². The van der Waals surface area contributed by atoms with Gasteiger partial charge in [0.15, 0.2) is 0 Å². The van der Waals surface area contributed by atoms with Crippen LogP contribution in [0.5, 0.6) is 0 Å². The van der Waals surface area contributed by atoms with Gasteiger partial charge in [0.25, 0.3) is 0 Å². The lowest BCUT2D eigenvalue weighted by Crippen LogP contribution is -2.32. The molecule has 1 heterocycles. The topological polar surface area (TPSA) is 3.24 Å². The van der Waals surface area contributed by atoms with Gasteiger partial charge in [-0.3, -0.25) is 0 Å². The van der Waals surface area contributed by atoms with Crippen LogP contribution in [0.4, 0.5) is 17.1 Å². The molecular weight excluding hydrogens is 755 g/mol. The molecule has 0 aromatic heterocycles. The Morgan fingerprint density at radius 3 is 1.46 bits per heavy atom. The highest BCUT2D eigenvalue weighted by atomic mass is 32.2. The smallest absolute Gasteiger partial charge is 0.0736 e. The average Bonchev–Trinajstić information content (AvgIpc) is 3.72. The molecule has 0 fully saturated rings. The third-order valence-electron chi connectivity index (χ3n) is 13.7. The molecule has 0 saturated heterocycles. The lowest BCUT2D eigenvalue weighted by Gasteiger charge is -2.40. The molecular formula is C59H43NS. The number of hydrogen-bond donors (Lipinski definition) is 0. The molecule has 0 saturated carbocycles. The van der Waals surface area contributed by atoms with Crippen molar-refractivity contribution in [2.24, 2.45) is 0 Å². The fourth-order valence-electron chi connectivity index (χ4n) is 10.8. The minimum atomic E-state index is -0.460. The zero-order valence-corrected chi connectivity index (χ0v) is 35.3. The van der Waals surface area contributed by atoms with Crippen LogP contribution >= 0.6 is 11.8 Å². The van der Waals surface area contributed by atoms with Crippen LogP contribution in [-0.4, -0.2) is 0 Å². The van der Waals surface area contributed by atoms with E-state index in [-0.39, 0.29) is 5.41 Å². The fourth-order valence-corrected chi connectivity index (χ4v) is 12.0. The molecule has 0 unspecified atom stereocenters. The maximum absolute atomic E-state index is 2.52. The van der Waals surface area contributed by atoms with Gasteiger partial charge in [0.2, 0.25) is 0 Å². The maximum Gasteiger partial charge on any atom is 0.0736 e. The number of nitrogens with zero attached hydrogens (tertiary/aromatic N) is 1. The Balaban J connectivity index is 1.06. The highest BCUT2D eigenvalue weighted by Gasteiger charge is 2.50. The van der Waals surface area contributed by atoms with E-state index in [1.807, 2.05) is 11.8 Å². The second-order valence-electron chi connectivity index (χ2n) is 17.3. The van der Waals surface area contributed by atoms with E-state index in [2.05, 4.69) is 232 Å². The molecule has 0 N–H and O–H groups in total. The third-order valence-corrected chi connectivity index (χ3v) is 14.8. The largest absolute Gasteiger partial charge is 0.310 e. The van der Waals surface area contributed by atoms with Crippen molar-refractivity contribution in [1.29, 1.82) is 0 Å². The summed E-state index contributed by atoms with van der Waals surface area (Å²) < 4.78 is 0. The zero-order valence-electron chi connectivity index (χ0n) is 34.5. The first-order valence-corrected chi connectivity index (χ1v) is 22.2. The van der Waals surface area contributed by atoms with Crippen molar-refractivity contribution in [3.8, 4) is 44.5 Å². The first-order valence-electron chi connectivity index (χ1n) is 21.3. The Bertz CT molecular complexity index is 3170. The van der Waals surface area contributed by atoms with Crippen LogP contribution in [0.2, 0.25) is 0 Å². The quantitative estimate of drug-likeness (QED) is 0.171. The van der Waals surface area contributed by atoms with E-state index >= 15 is 0 Å². The minimum absolute atomic E-state index is 0.130. The minimum Gasteiger partial charge on any atom is -0.310 e. The summed E-state index contributed by atoms with van der Waals surface area (Å²) in [6, 6.07) is 77.2. The molecule has 1 aliphatic heterocycles. The van der Waals surface area contributed by atoms with E-state index in [1.54, 1.807) is 0 Å². The standard InChI is InChI=1S/C59H43NS/c1-38-35-42(41-27-25-40(26-28-41)39-15-5-4-6-16-39)29-34-55(38)60(43-30-32-47-45-17-7-9-19-49(45)58(2,3)53(47)36-43)44-31-33-48-46-18-8-10-20-50(46)59(54(48)37-44)51-21-11-13-23-56(51)61-57-24-14-12-22-52(57)59/h4-37H,1-3H3. The van der Waals surface area contributed by atoms with Crippen LogP contribution < -0.4 is 4.90 Å². The highest BCUT2D eigenvalue weighted by molar-refractivity contribution is 7.99. The van der Waals surface area contributed by atoms with E-state index in [0.29, 0.717) is 0 Å². The van der Waals surface area contributed by atoms with Gasteiger partial charge in [-0.05, 0) is 139 Å². The molecule has 290 valence electrons. The van der Waals surface area contributed by atoms with Gasteiger partial charge in [0.1, 0.15) is 0 Å². The molecule has 2 aliphatic carbocycles. The van der Waals surface area contributed by atoms with Crippen LogP contribution in [0, 0.1) is 6.92 Å². The summed E-state index contributed by atoms with van der Waals surface area (Å²) in [5, 5.41) is 0. The van der Waals surface area contributed by atoms with Gasteiger partial charge in [0.05, 0.1) is 5.41 Å². The fraction of sp³-hybridized carbons (Fsp3) is 0.0847. The van der Waals surface area contributed by atoms with Gasteiger partial charge in [-0.1, -0.05) is 183 Å². The summed E-state index contributed by atoms with van der Waals surface area (Å²) in [5.74, 6) is 0. The molecule has 2 heteroatoms. The second kappa shape index (κ2) is 13.6. The molecule has 0 atom stereocenters. The molecule has 9 aromatic carbocycles. The van der Waals surface area contributed by atoms with Crippen molar-refractivity contribution < 1.29 is 0 Å². The summed E-state index contributed by atoms with van der Waals surface area (Å²) in [5.41, 5.74) is 22.4. The van der Waals surface area contributed by atoms with E-state index in [1.165, 1.54) is 98.9 Å². The summed E-state index contributed by atoms with van der Waals surface area (Å²) in [6.45, 7) is 7.02. The van der Waals surface area contributed by atoms with Crippen molar-refractivity contribution in [2.45, 2.75) is 41.4 Å². The summed E-state index contributed by atoms with van der Waals surface area (Å²) in [4.78, 5) is 5.15. The Morgan fingerprint density at radius 2 is 0.820 bits per heavy atom. The predicted molar refractivity (Wildman–Crippen MR) is 256 cm³/mol. The molecule has 3 aliphatic rings. The number of rotatable bonds is 5. The molecule has 1 nitrogen and oxygen atoms in total. The van der Waals surface area contributed by atoms with Gasteiger partial charge in [-0.2, -0.15) is 0 Å². The van der Waals surface area contributed by atoms with Crippen molar-refractivity contribution in [2.75, 3.05) is 4.90 Å². The Morgan fingerprint density at radius 1 is 0.361 bits per heavy atom. The molecule has 61 heavy (non-hydrogen) atoms. The Kier molecular flexibility index (Phi) is 8.02. The monoisotopic (exact) mass is 797 g/mol. The lowest BCUT2D eigenvalue weighted by atomic mass is 9.67. The van der Waals surface area contributed by atoms with Gasteiger partial charge < -0.3 is 4.90 Å². The molecule has 9 aromatic rings. The van der Waals surface area contributed by atoms with Crippen molar-refractivity contribution in [3.63, 3.8) is 0 Å². The SMILES string of the molecule is Cc1cc(-c2ccc(-c3ccccc3)cc2)ccc1N(c1ccc2c(c1)C(C)(C)c1ccccc1-2)c1ccc2c(c1)C1(c3ccccc3Sc3ccccc31)c1ccccc1-2. The molecule has 1 spiro atoms. The third kappa shape index (κ3) is 5.28. The highest BCUT2D eigenvalue weighted by Crippen LogP contribution is 2.63. The van der Waals surface area contributed by atoms with Crippen molar-refractivity contribution in [1.82, 2.24) is 0 Å². The van der Waals surface area contributed by atoms with Gasteiger partial charge >= 0.3 is 0 Å². The number of fused-ring (bicyclic) bond motifs is 12. The zero-order chi connectivity index (χ0) is 40.9. The maximum atomic E-state index is 2.52. The normalized spacial score (nSPS) is 14.3. The van der Waals surface area contributed by atoms with Crippen LogP contribution in [0.1, 0.15) is 52.8 Å². The summed E-state index contributed by atoms with van der Waals surface area (Å²) in [6.07, 6.45) is 0. The van der Waals surface area contributed by atoms with Gasteiger partial charge in [-0.25, -0.2) is 0 Å². The summed E-state index contributed by atoms with van der Waals surface area (Å²) in [7, 11) is 0. The van der Waals surface area contributed by atoms with E-state index < -0.39 is 5.41 Å². The number of benzene rings is 9. The number of hydrogen-bond acceptors (Lipinski definition) is 2. The molecule has 0 bridgehead atoms. The van der Waals surface area contributed by atoms with Crippen LogP contribution in [-0.2, 0) is 10.8 Å². The van der Waals surface area contributed by atoms with Crippen molar-refractivity contribution in [3.05, 3.63) is 245 Å². The summed E-state index contributed by atoms with van der Waals surface area (Å²) >= 11 is 1.89. The average molecular weight is 798 g/mol. The van der Waals surface area contributed by atoms with E-state index in [0.717, 1.165) is 11.4 Å². The molecule has 0 amide bonds. The predicted octanol–water partition coefficient (Wildman–Crippen LogP) is 15.9. The van der Waals surface area contributed by atoms with Gasteiger partial charge in [0, 0.05) is 32.3 Å².